The molecule has 8 heteroatoms. The number of carbonyl (C=O) groups is 4. The minimum atomic E-state index is -0.975. The fourth-order valence-electron chi connectivity index (χ4n) is 3.28. The molecule has 158 valence electrons. The average molecular weight is 403 g/mol. The van der Waals surface area contributed by atoms with Crippen LogP contribution in [0.15, 0.2) is 24.3 Å². The van der Waals surface area contributed by atoms with Crippen molar-refractivity contribution < 1.29 is 23.9 Å². The fraction of sp³-hybridized carbons (Fsp3) is 0.524. The number of carbonyl (C=O) groups excluding carboxylic acids is 4. The summed E-state index contributed by atoms with van der Waals surface area (Å²) in [6.07, 6.45) is 1.80. The van der Waals surface area contributed by atoms with E-state index in [1.54, 1.807) is 13.8 Å². The first-order chi connectivity index (χ1) is 13.8. The van der Waals surface area contributed by atoms with E-state index in [2.05, 4.69) is 17.6 Å². The van der Waals surface area contributed by atoms with Gasteiger partial charge in [-0.3, -0.25) is 19.3 Å². The number of urea groups is 1. The van der Waals surface area contributed by atoms with Gasteiger partial charge in [0, 0.05) is 0 Å². The molecule has 29 heavy (non-hydrogen) atoms. The zero-order chi connectivity index (χ0) is 21.6. The van der Waals surface area contributed by atoms with Crippen LogP contribution in [0.2, 0.25) is 0 Å². The largest absolute Gasteiger partial charge is 0.454 e. The number of rotatable bonds is 9. The summed E-state index contributed by atoms with van der Waals surface area (Å²) in [6, 6.07) is 7.03. The second kappa shape index (κ2) is 9.54. The number of amides is 4. The van der Waals surface area contributed by atoms with Crippen LogP contribution in [0.1, 0.15) is 57.7 Å². The number of hydrogen-bond donors (Lipinski definition) is 2. The molecule has 1 fully saturated rings. The summed E-state index contributed by atoms with van der Waals surface area (Å²) in [5, 5.41) is 5.40. The lowest BCUT2D eigenvalue weighted by atomic mass is 9.93. The summed E-state index contributed by atoms with van der Waals surface area (Å²) in [6.45, 7) is 6.50. The molecule has 1 aromatic carbocycles. The Kier molecular flexibility index (Phi) is 7.36. The van der Waals surface area contributed by atoms with Crippen molar-refractivity contribution in [1.82, 2.24) is 15.5 Å². The molecule has 1 aliphatic rings. The number of hydrogen-bond acceptors (Lipinski definition) is 5. The third kappa shape index (κ3) is 5.13. The highest BCUT2D eigenvalue weighted by Crippen LogP contribution is 2.24. The summed E-state index contributed by atoms with van der Waals surface area (Å²) in [4.78, 5) is 49.5. The van der Waals surface area contributed by atoms with Gasteiger partial charge in [-0.15, -0.1) is 0 Å². The van der Waals surface area contributed by atoms with Crippen molar-refractivity contribution in [2.75, 3.05) is 13.2 Å². The van der Waals surface area contributed by atoms with Crippen LogP contribution in [0.4, 0.5) is 4.79 Å². The summed E-state index contributed by atoms with van der Waals surface area (Å²) < 4.78 is 4.95. The van der Waals surface area contributed by atoms with Crippen LogP contribution in [0.3, 0.4) is 0 Å². The number of imide groups is 1. The van der Waals surface area contributed by atoms with Gasteiger partial charge in [-0.1, -0.05) is 45.0 Å². The van der Waals surface area contributed by atoms with E-state index in [1.807, 2.05) is 31.2 Å². The maximum atomic E-state index is 12.5. The van der Waals surface area contributed by atoms with E-state index < -0.39 is 42.5 Å². The Balaban J connectivity index is 1.83. The maximum Gasteiger partial charge on any atom is 0.326 e. The molecule has 1 atom stereocenters. The molecular weight excluding hydrogens is 374 g/mol. The molecule has 0 radical (unpaired) electrons. The van der Waals surface area contributed by atoms with Crippen molar-refractivity contribution >= 4 is 23.8 Å². The number of aryl methyl sites for hydroxylation is 1. The molecule has 1 aromatic rings. The zero-order valence-electron chi connectivity index (χ0n) is 17.4. The molecule has 1 saturated heterocycles. The normalized spacial score (nSPS) is 16.3. The van der Waals surface area contributed by atoms with Gasteiger partial charge in [-0.2, -0.15) is 0 Å². The topological polar surface area (TPSA) is 105 Å². The number of nitrogens with one attached hydrogen (secondary N) is 2. The van der Waals surface area contributed by atoms with E-state index >= 15 is 0 Å². The molecule has 0 bridgehead atoms. The first-order valence-corrected chi connectivity index (χ1v) is 9.94. The summed E-state index contributed by atoms with van der Waals surface area (Å²) in [7, 11) is 0. The van der Waals surface area contributed by atoms with Gasteiger partial charge in [-0.05, 0) is 37.3 Å². The van der Waals surface area contributed by atoms with E-state index in [4.69, 9.17) is 4.74 Å². The van der Waals surface area contributed by atoms with Gasteiger partial charge in [0.15, 0.2) is 6.61 Å². The molecular formula is C21H29N3O5. The van der Waals surface area contributed by atoms with E-state index in [1.165, 1.54) is 5.56 Å². The Hall–Kier alpha value is -2.90. The lowest BCUT2D eigenvalue weighted by molar-refractivity contribution is -0.151. The molecule has 2 N–H and O–H groups in total. The van der Waals surface area contributed by atoms with Gasteiger partial charge in [0.05, 0.1) is 6.04 Å². The van der Waals surface area contributed by atoms with Gasteiger partial charge >= 0.3 is 12.0 Å². The number of esters is 1. The van der Waals surface area contributed by atoms with Crippen LogP contribution in [0.5, 0.6) is 0 Å². The summed E-state index contributed by atoms with van der Waals surface area (Å²) in [5.74, 6) is -1.72. The monoisotopic (exact) mass is 403 g/mol. The summed E-state index contributed by atoms with van der Waals surface area (Å²) in [5.41, 5.74) is 1.17. The Morgan fingerprint density at radius 3 is 2.28 bits per heavy atom. The molecule has 1 heterocycles. The first-order valence-electron chi connectivity index (χ1n) is 9.94. The average Bonchev–Trinajstić information content (AvgIpc) is 2.96. The predicted molar refractivity (Wildman–Crippen MR) is 107 cm³/mol. The highest BCUT2D eigenvalue weighted by atomic mass is 16.5. The Morgan fingerprint density at radius 2 is 1.76 bits per heavy atom. The summed E-state index contributed by atoms with van der Waals surface area (Å²) >= 11 is 0. The van der Waals surface area contributed by atoms with E-state index in [-0.39, 0.29) is 6.04 Å². The Labute approximate surface area is 171 Å². The molecule has 0 spiro atoms. The van der Waals surface area contributed by atoms with Gasteiger partial charge in [0.25, 0.3) is 11.8 Å². The second-order valence-corrected chi connectivity index (χ2v) is 7.16. The van der Waals surface area contributed by atoms with Crippen LogP contribution in [-0.2, 0) is 25.5 Å². The molecule has 2 rings (SSSR count). The predicted octanol–water partition coefficient (Wildman–Crippen LogP) is 2.08. The molecule has 0 saturated carbocycles. The van der Waals surface area contributed by atoms with Gasteiger partial charge in [0.2, 0.25) is 0 Å². The number of nitrogens with zero attached hydrogens (tertiary/aromatic N) is 1. The van der Waals surface area contributed by atoms with E-state index in [0.29, 0.717) is 12.8 Å². The molecule has 0 aliphatic carbocycles. The lowest BCUT2D eigenvalue weighted by Gasteiger charge is -2.22. The molecule has 0 unspecified atom stereocenters. The number of ether oxygens (including phenoxy) is 1. The minimum Gasteiger partial charge on any atom is -0.454 e. The highest BCUT2D eigenvalue weighted by Gasteiger charge is 2.49. The van der Waals surface area contributed by atoms with E-state index in [0.717, 1.165) is 16.9 Å². The van der Waals surface area contributed by atoms with Gasteiger partial charge < -0.3 is 15.4 Å². The lowest BCUT2D eigenvalue weighted by Crippen LogP contribution is -2.46. The minimum absolute atomic E-state index is 0.243. The molecule has 8 nitrogen and oxygen atoms in total. The molecule has 4 amide bonds. The van der Waals surface area contributed by atoms with Crippen molar-refractivity contribution in [1.29, 1.82) is 0 Å². The van der Waals surface area contributed by atoms with Crippen LogP contribution in [0.25, 0.3) is 0 Å². The second-order valence-electron chi connectivity index (χ2n) is 7.16. The first kappa shape index (κ1) is 22.4. The van der Waals surface area contributed by atoms with Crippen molar-refractivity contribution in [3.8, 4) is 0 Å². The smallest absolute Gasteiger partial charge is 0.326 e. The fourth-order valence-corrected chi connectivity index (χ4v) is 3.28. The van der Waals surface area contributed by atoms with Crippen molar-refractivity contribution in [3.63, 3.8) is 0 Å². The standard InChI is InChI=1S/C21H29N3O5/c1-5-15-8-10-16(11-9-15)14(4)22-17(25)13-29-18(26)12-24-19(27)21(6-2,7-3)23-20(24)28/h8-11,14H,5-7,12-13H2,1-4H3,(H,22,25)(H,23,28)/t14-/m1/s1. The maximum absolute atomic E-state index is 12.5. The van der Waals surface area contributed by atoms with Crippen LogP contribution < -0.4 is 10.6 Å². The van der Waals surface area contributed by atoms with E-state index in [9.17, 15) is 19.2 Å². The SMILES string of the molecule is CCc1ccc([C@@H](C)NC(=O)COC(=O)CN2C(=O)NC(CC)(CC)C2=O)cc1. The van der Waals surface area contributed by atoms with Crippen LogP contribution in [0, 0.1) is 0 Å². The quantitative estimate of drug-likeness (QED) is 0.485. The highest BCUT2D eigenvalue weighted by molar-refractivity contribution is 6.08. The molecule has 1 aliphatic heterocycles. The van der Waals surface area contributed by atoms with Crippen LogP contribution in [-0.4, -0.2) is 47.4 Å². The molecule has 0 aromatic heterocycles. The third-order valence-corrected chi connectivity index (χ3v) is 5.37. The zero-order valence-corrected chi connectivity index (χ0v) is 17.4. The van der Waals surface area contributed by atoms with Crippen LogP contribution >= 0.6 is 0 Å². The van der Waals surface area contributed by atoms with Crippen molar-refractivity contribution in [3.05, 3.63) is 35.4 Å². The van der Waals surface area contributed by atoms with Gasteiger partial charge in [-0.25, -0.2) is 4.79 Å². The Bertz CT molecular complexity index is 771. The van der Waals surface area contributed by atoms with Crippen molar-refractivity contribution in [2.24, 2.45) is 0 Å². The number of benzene rings is 1. The third-order valence-electron chi connectivity index (χ3n) is 5.37. The van der Waals surface area contributed by atoms with Gasteiger partial charge in [0.1, 0.15) is 12.1 Å². The Morgan fingerprint density at radius 1 is 1.14 bits per heavy atom. The van der Waals surface area contributed by atoms with Crippen molar-refractivity contribution in [2.45, 2.75) is 58.5 Å².